The van der Waals surface area contributed by atoms with Crippen molar-refractivity contribution in [3.05, 3.63) is 76.8 Å². The first kappa shape index (κ1) is 16.3. The summed E-state index contributed by atoms with van der Waals surface area (Å²) in [5.41, 5.74) is 4.26. The van der Waals surface area contributed by atoms with E-state index in [0.29, 0.717) is 0 Å². The zero-order valence-corrected chi connectivity index (χ0v) is 15.9. The van der Waals surface area contributed by atoms with Crippen molar-refractivity contribution in [2.24, 2.45) is 0 Å². The molecular formula is C22H19N3OS. The van der Waals surface area contributed by atoms with Gasteiger partial charge in [-0.3, -0.25) is 4.79 Å². The van der Waals surface area contributed by atoms with Gasteiger partial charge in [-0.05, 0) is 49.6 Å². The quantitative estimate of drug-likeness (QED) is 0.496. The maximum Gasteiger partial charge on any atom is 0.268 e. The highest BCUT2D eigenvalue weighted by atomic mass is 32.1. The van der Waals surface area contributed by atoms with E-state index in [1.807, 2.05) is 65.0 Å². The molecule has 1 amide bonds. The number of aromatic nitrogens is 2. The second-order valence-corrected chi connectivity index (χ2v) is 7.88. The molecule has 4 aromatic rings. The Kier molecular flexibility index (Phi) is 3.83. The van der Waals surface area contributed by atoms with E-state index in [1.54, 1.807) is 0 Å². The van der Waals surface area contributed by atoms with E-state index in [1.165, 1.54) is 16.9 Å². The van der Waals surface area contributed by atoms with E-state index in [2.05, 4.69) is 17.2 Å². The maximum absolute atomic E-state index is 13.3. The van der Waals surface area contributed by atoms with Gasteiger partial charge >= 0.3 is 0 Å². The molecule has 1 aliphatic heterocycles. The fourth-order valence-corrected chi connectivity index (χ4v) is 4.91. The summed E-state index contributed by atoms with van der Waals surface area (Å²) in [6, 6.07) is 20.3. The zero-order chi connectivity index (χ0) is 18.4. The lowest BCUT2D eigenvalue weighted by molar-refractivity contribution is 0.0989. The smallest absolute Gasteiger partial charge is 0.268 e. The monoisotopic (exact) mass is 373 g/mol. The van der Waals surface area contributed by atoms with Crippen molar-refractivity contribution in [2.75, 3.05) is 11.4 Å². The average molecular weight is 373 g/mol. The number of carbonyl (C=O) groups is 1. The topological polar surface area (TPSA) is 38.1 Å². The second kappa shape index (κ2) is 6.35. The first-order chi connectivity index (χ1) is 13.2. The molecular weight excluding hydrogens is 354 g/mol. The third-order valence-electron chi connectivity index (χ3n) is 5.11. The normalized spacial score (nSPS) is 13.7. The minimum atomic E-state index is 0.0855. The summed E-state index contributed by atoms with van der Waals surface area (Å²) in [4.78, 5) is 17.0. The van der Waals surface area contributed by atoms with Gasteiger partial charge in [-0.25, -0.2) is 4.68 Å². The molecule has 0 N–H and O–H groups in total. The van der Waals surface area contributed by atoms with Gasteiger partial charge in [0.25, 0.3) is 5.91 Å². The Balaban J connectivity index is 1.58. The van der Waals surface area contributed by atoms with Crippen LogP contribution in [-0.2, 0) is 6.42 Å². The number of fused-ring (bicyclic) bond motifs is 2. The van der Waals surface area contributed by atoms with Gasteiger partial charge in [-0.15, -0.1) is 11.3 Å². The Labute approximate surface area is 161 Å². The molecule has 0 spiro atoms. The molecule has 2 aromatic heterocycles. The molecule has 134 valence electrons. The molecule has 5 heteroatoms. The third-order valence-corrected chi connectivity index (χ3v) is 6.21. The van der Waals surface area contributed by atoms with Crippen molar-refractivity contribution >= 4 is 33.1 Å². The van der Waals surface area contributed by atoms with Crippen LogP contribution in [0.25, 0.3) is 15.9 Å². The molecule has 0 radical (unpaired) electrons. The number of amides is 1. The molecule has 5 rings (SSSR count). The largest absolute Gasteiger partial charge is 0.307 e. The fourth-order valence-electron chi connectivity index (χ4n) is 3.77. The van der Waals surface area contributed by atoms with Crippen LogP contribution in [0.1, 0.15) is 27.3 Å². The summed E-state index contributed by atoms with van der Waals surface area (Å²) in [6.07, 6.45) is 2.04. The Bertz CT molecular complexity index is 1140. The number of hydrogen-bond acceptors (Lipinski definition) is 3. The third kappa shape index (κ3) is 2.66. The van der Waals surface area contributed by atoms with Gasteiger partial charge in [0.05, 0.1) is 16.3 Å². The minimum Gasteiger partial charge on any atom is -0.307 e. The van der Waals surface area contributed by atoms with E-state index < -0.39 is 0 Å². The molecule has 0 saturated heterocycles. The van der Waals surface area contributed by atoms with Gasteiger partial charge in [0.2, 0.25) is 0 Å². The molecule has 3 heterocycles. The standard InChI is InChI=1S/C22H19N3OS/c1-15-18-14-20(27-22(18)25(23-15)17-10-3-2-4-11-17)21(26)24-13-7-9-16-8-5-6-12-19(16)24/h2-6,8,10-12,14H,7,9,13H2,1H3. The molecule has 0 aliphatic carbocycles. The molecule has 0 bridgehead atoms. The van der Waals surface area contributed by atoms with Crippen LogP contribution in [-0.4, -0.2) is 22.2 Å². The number of nitrogens with zero attached hydrogens (tertiary/aromatic N) is 3. The molecule has 0 unspecified atom stereocenters. The molecule has 2 aromatic carbocycles. The highest BCUT2D eigenvalue weighted by Crippen LogP contribution is 2.34. The number of carbonyl (C=O) groups excluding carboxylic acids is 1. The summed E-state index contributed by atoms with van der Waals surface area (Å²) in [5.74, 6) is 0.0855. The van der Waals surface area contributed by atoms with Crippen LogP contribution in [0.3, 0.4) is 0 Å². The Morgan fingerprint density at radius 1 is 1.07 bits per heavy atom. The minimum absolute atomic E-state index is 0.0855. The van der Waals surface area contributed by atoms with E-state index >= 15 is 0 Å². The summed E-state index contributed by atoms with van der Waals surface area (Å²) in [7, 11) is 0. The molecule has 0 atom stereocenters. The van der Waals surface area contributed by atoms with E-state index in [9.17, 15) is 4.79 Å². The molecule has 1 aliphatic rings. The van der Waals surface area contributed by atoms with Crippen molar-refractivity contribution in [2.45, 2.75) is 19.8 Å². The van der Waals surface area contributed by atoms with Crippen molar-refractivity contribution in [3.8, 4) is 5.69 Å². The van der Waals surface area contributed by atoms with Crippen LogP contribution in [0.5, 0.6) is 0 Å². The number of hydrogen-bond donors (Lipinski definition) is 0. The van der Waals surface area contributed by atoms with Gasteiger partial charge in [-0.2, -0.15) is 5.10 Å². The van der Waals surface area contributed by atoms with Crippen molar-refractivity contribution < 1.29 is 4.79 Å². The van der Waals surface area contributed by atoms with Crippen molar-refractivity contribution in [1.29, 1.82) is 0 Å². The lowest BCUT2D eigenvalue weighted by atomic mass is 10.0. The van der Waals surface area contributed by atoms with Crippen molar-refractivity contribution in [1.82, 2.24) is 9.78 Å². The first-order valence-electron chi connectivity index (χ1n) is 9.17. The van der Waals surface area contributed by atoms with E-state index in [-0.39, 0.29) is 5.91 Å². The average Bonchev–Trinajstić information content (AvgIpc) is 3.28. The van der Waals surface area contributed by atoms with Gasteiger partial charge in [0.1, 0.15) is 4.83 Å². The van der Waals surface area contributed by atoms with Crippen LogP contribution < -0.4 is 4.90 Å². The van der Waals surface area contributed by atoms with Gasteiger partial charge in [-0.1, -0.05) is 36.4 Å². The lowest BCUT2D eigenvalue weighted by Crippen LogP contribution is -2.34. The summed E-state index contributed by atoms with van der Waals surface area (Å²) < 4.78 is 1.94. The second-order valence-electron chi connectivity index (χ2n) is 6.85. The number of thiophene rings is 1. The van der Waals surface area contributed by atoms with Crippen LogP contribution >= 0.6 is 11.3 Å². The lowest BCUT2D eigenvalue weighted by Gasteiger charge is -2.29. The highest BCUT2D eigenvalue weighted by molar-refractivity contribution is 7.20. The predicted molar refractivity (Wildman–Crippen MR) is 110 cm³/mol. The Morgan fingerprint density at radius 3 is 2.70 bits per heavy atom. The first-order valence-corrected chi connectivity index (χ1v) is 9.98. The van der Waals surface area contributed by atoms with Gasteiger partial charge in [0.15, 0.2) is 0 Å². The predicted octanol–water partition coefficient (Wildman–Crippen LogP) is 4.99. The molecule has 0 fully saturated rings. The summed E-state index contributed by atoms with van der Waals surface area (Å²) >= 11 is 1.53. The molecule has 27 heavy (non-hydrogen) atoms. The number of anilines is 1. The summed E-state index contributed by atoms with van der Waals surface area (Å²) in [5, 5.41) is 5.72. The van der Waals surface area contributed by atoms with Gasteiger partial charge < -0.3 is 4.90 Å². The van der Waals surface area contributed by atoms with Crippen LogP contribution in [0.2, 0.25) is 0 Å². The van der Waals surface area contributed by atoms with Crippen LogP contribution in [0, 0.1) is 6.92 Å². The SMILES string of the molecule is Cc1nn(-c2ccccc2)c2sc(C(=O)N3CCCc4ccccc43)cc12. The van der Waals surface area contributed by atoms with Gasteiger partial charge in [0, 0.05) is 17.6 Å². The van der Waals surface area contributed by atoms with E-state index in [4.69, 9.17) is 0 Å². The molecule has 0 saturated carbocycles. The van der Waals surface area contributed by atoms with E-state index in [0.717, 1.165) is 51.5 Å². The zero-order valence-electron chi connectivity index (χ0n) is 15.1. The fraction of sp³-hybridized carbons (Fsp3) is 0.182. The van der Waals surface area contributed by atoms with Crippen molar-refractivity contribution in [3.63, 3.8) is 0 Å². The maximum atomic E-state index is 13.3. The number of para-hydroxylation sites is 2. The van der Waals surface area contributed by atoms with Crippen LogP contribution in [0.15, 0.2) is 60.7 Å². The summed E-state index contributed by atoms with van der Waals surface area (Å²) in [6.45, 7) is 2.77. The Hall–Kier alpha value is -2.92. The number of rotatable bonds is 2. The Morgan fingerprint density at radius 2 is 1.85 bits per heavy atom. The van der Waals surface area contributed by atoms with Crippen LogP contribution in [0.4, 0.5) is 5.69 Å². The number of benzene rings is 2. The highest BCUT2D eigenvalue weighted by Gasteiger charge is 2.26. The molecule has 4 nitrogen and oxygen atoms in total. The number of aryl methyl sites for hydroxylation is 2.